The van der Waals surface area contributed by atoms with Crippen LogP contribution >= 0.6 is 0 Å². The quantitative estimate of drug-likeness (QED) is 0.923. The number of carbonyl (C=O) groups is 1. The number of nitrogens with one attached hydrogen (secondary N) is 1. The van der Waals surface area contributed by atoms with Crippen LogP contribution < -0.4 is 0 Å². The van der Waals surface area contributed by atoms with Gasteiger partial charge >= 0.3 is 0 Å². The molecule has 2 aliphatic heterocycles. The van der Waals surface area contributed by atoms with E-state index in [1.54, 1.807) is 0 Å². The first kappa shape index (κ1) is 16.1. The van der Waals surface area contributed by atoms with Crippen molar-refractivity contribution in [1.82, 2.24) is 20.0 Å². The smallest absolute Gasteiger partial charge is 0.225 e. The van der Waals surface area contributed by atoms with Crippen LogP contribution in [0, 0.1) is 11.8 Å². The van der Waals surface area contributed by atoms with Crippen molar-refractivity contribution < 1.29 is 4.79 Å². The molecule has 5 heteroatoms. The number of hydrogen-bond donors (Lipinski definition) is 1. The molecule has 5 nitrogen and oxygen atoms in total. The third-order valence-corrected chi connectivity index (χ3v) is 6.14. The van der Waals surface area contributed by atoms with Gasteiger partial charge in [0.25, 0.3) is 0 Å². The molecule has 0 bridgehead atoms. The molecule has 0 radical (unpaired) electrons. The lowest BCUT2D eigenvalue weighted by molar-refractivity contribution is -0.136. The fraction of sp³-hybridized carbons (Fsp3) is 0.789. The topological polar surface area (TPSA) is 52.2 Å². The highest BCUT2D eigenvalue weighted by molar-refractivity contribution is 5.81. The zero-order chi connectivity index (χ0) is 16.4. The molecule has 132 valence electrons. The van der Waals surface area contributed by atoms with Crippen molar-refractivity contribution in [2.45, 2.75) is 64.0 Å². The highest BCUT2D eigenvalue weighted by Crippen LogP contribution is 2.36. The Labute approximate surface area is 144 Å². The molecule has 1 amide bonds. The molecule has 1 atom stereocenters. The summed E-state index contributed by atoms with van der Waals surface area (Å²) in [6.45, 7) is 4.27. The summed E-state index contributed by atoms with van der Waals surface area (Å²) in [5.74, 6) is 1.54. The van der Waals surface area contributed by atoms with Crippen LogP contribution in [0.2, 0.25) is 0 Å². The zero-order valence-electron chi connectivity index (χ0n) is 14.6. The number of nitrogens with zero attached hydrogens (tertiary/aromatic N) is 3. The largest absolute Gasteiger partial charge is 0.339 e. The van der Waals surface area contributed by atoms with Gasteiger partial charge in [0.15, 0.2) is 0 Å². The molecule has 1 aromatic heterocycles. The summed E-state index contributed by atoms with van der Waals surface area (Å²) in [6, 6.07) is 2.57. The van der Waals surface area contributed by atoms with Gasteiger partial charge in [0.1, 0.15) is 0 Å². The molecule has 3 heterocycles. The van der Waals surface area contributed by atoms with Gasteiger partial charge in [-0.15, -0.1) is 0 Å². The molecule has 0 aromatic carbocycles. The molecule has 24 heavy (non-hydrogen) atoms. The minimum absolute atomic E-state index is 0.367. The second-order valence-corrected chi connectivity index (χ2v) is 7.92. The molecular weight excluding hydrogens is 300 g/mol. The standard InChI is InChI=1S/C19H30N4O/c24-19(16-5-6-16)23-11-3-1-2-4-18(23)15-8-12-22(13-9-15)14-17-7-10-20-21-17/h7,10,15-16,18H,1-6,8-9,11-14H2,(H,20,21). The fourth-order valence-corrected chi connectivity index (χ4v) is 4.57. The molecule has 1 saturated carbocycles. The molecule has 3 aliphatic rings. The van der Waals surface area contributed by atoms with Gasteiger partial charge in [-0.05, 0) is 63.6 Å². The van der Waals surface area contributed by atoms with E-state index in [1.807, 2.05) is 6.20 Å². The van der Waals surface area contributed by atoms with Gasteiger partial charge in [0.2, 0.25) is 5.91 Å². The van der Waals surface area contributed by atoms with E-state index in [0.29, 0.717) is 23.8 Å². The maximum Gasteiger partial charge on any atom is 0.225 e. The van der Waals surface area contributed by atoms with E-state index in [2.05, 4.69) is 26.1 Å². The summed E-state index contributed by atoms with van der Waals surface area (Å²) in [7, 11) is 0. The third-order valence-electron chi connectivity index (χ3n) is 6.14. The molecule has 2 saturated heterocycles. The van der Waals surface area contributed by atoms with Crippen LogP contribution in [0.3, 0.4) is 0 Å². The SMILES string of the molecule is O=C(C1CC1)N1CCCCCC1C1CCN(Cc2ccn[nH]2)CC1. The van der Waals surface area contributed by atoms with Crippen LogP contribution in [0.15, 0.2) is 12.3 Å². The number of aromatic amines is 1. The summed E-state index contributed by atoms with van der Waals surface area (Å²) < 4.78 is 0. The Balaban J connectivity index is 1.36. The van der Waals surface area contributed by atoms with Crippen LogP contribution in [-0.2, 0) is 11.3 Å². The lowest BCUT2D eigenvalue weighted by Gasteiger charge is -2.40. The Morgan fingerprint density at radius 1 is 1.08 bits per heavy atom. The molecule has 1 aromatic rings. The van der Waals surface area contributed by atoms with Crippen LogP contribution in [0.1, 0.15) is 57.1 Å². The van der Waals surface area contributed by atoms with Crippen molar-refractivity contribution in [1.29, 1.82) is 0 Å². The number of piperidine rings is 1. The number of rotatable bonds is 4. The number of amides is 1. The monoisotopic (exact) mass is 330 g/mol. The Bertz CT molecular complexity index is 532. The number of likely N-dealkylation sites (tertiary alicyclic amines) is 2. The van der Waals surface area contributed by atoms with Gasteiger partial charge in [0.05, 0.1) is 0 Å². The number of hydrogen-bond acceptors (Lipinski definition) is 3. The van der Waals surface area contributed by atoms with Gasteiger partial charge in [-0.3, -0.25) is 14.8 Å². The predicted octanol–water partition coefficient (Wildman–Crippen LogP) is 2.80. The molecule has 1 aliphatic carbocycles. The number of carbonyl (C=O) groups excluding carboxylic acids is 1. The highest BCUT2D eigenvalue weighted by atomic mass is 16.2. The number of H-pyrrole nitrogens is 1. The molecule has 1 N–H and O–H groups in total. The van der Waals surface area contributed by atoms with Crippen LogP contribution in [0.25, 0.3) is 0 Å². The van der Waals surface area contributed by atoms with E-state index in [0.717, 1.165) is 39.0 Å². The average molecular weight is 330 g/mol. The van der Waals surface area contributed by atoms with E-state index < -0.39 is 0 Å². The fourth-order valence-electron chi connectivity index (χ4n) is 4.57. The Morgan fingerprint density at radius 2 is 1.92 bits per heavy atom. The second-order valence-electron chi connectivity index (χ2n) is 7.92. The van der Waals surface area contributed by atoms with E-state index in [4.69, 9.17) is 0 Å². The van der Waals surface area contributed by atoms with E-state index in [1.165, 1.54) is 44.2 Å². The maximum atomic E-state index is 12.7. The Morgan fingerprint density at radius 3 is 2.62 bits per heavy atom. The molecule has 1 unspecified atom stereocenters. The van der Waals surface area contributed by atoms with Gasteiger partial charge < -0.3 is 4.90 Å². The first-order valence-electron chi connectivity index (χ1n) is 9.82. The Kier molecular flexibility index (Phi) is 4.88. The Hall–Kier alpha value is -1.36. The highest BCUT2D eigenvalue weighted by Gasteiger charge is 2.39. The van der Waals surface area contributed by atoms with Crippen molar-refractivity contribution in [3.05, 3.63) is 18.0 Å². The van der Waals surface area contributed by atoms with Gasteiger partial charge in [-0.25, -0.2) is 0 Å². The summed E-state index contributed by atoms with van der Waals surface area (Å²) in [4.78, 5) is 17.6. The van der Waals surface area contributed by atoms with Crippen LogP contribution in [0.5, 0.6) is 0 Å². The van der Waals surface area contributed by atoms with Crippen molar-refractivity contribution in [2.24, 2.45) is 11.8 Å². The molecular formula is C19H30N4O. The van der Waals surface area contributed by atoms with E-state index >= 15 is 0 Å². The third kappa shape index (κ3) is 3.66. The van der Waals surface area contributed by atoms with Crippen molar-refractivity contribution in [2.75, 3.05) is 19.6 Å². The zero-order valence-corrected chi connectivity index (χ0v) is 14.6. The lowest BCUT2D eigenvalue weighted by Crippen LogP contribution is -2.48. The van der Waals surface area contributed by atoms with Crippen molar-refractivity contribution in [3.63, 3.8) is 0 Å². The van der Waals surface area contributed by atoms with Gasteiger partial charge in [-0.1, -0.05) is 12.8 Å². The molecule has 3 fully saturated rings. The summed E-state index contributed by atoms with van der Waals surface area (Å²) in [6.07, 6.45) is 11.6. The van der Waals surface area contributed by atoms with Crippen molar-refractivity contribution in [3.8, 4) is 0 Å². The minimum Gasteiger partial charge on any atom is -0.339 e. The molecule has 0 spiro atoms. The van der Waals surface area contributed by atoms with E-state index in [9.17, 15) is 4.79 Å². The van der Waals surface area contributed by atoms with E-state index in [-0.39, 0.29) is 0 Å². The summed E-state index contributed by atoms with van der Waals surface area (Å²) in [5, 5.41) is 7.11. The second kappa shape index (κ2) is 7.26. The van der Waals surface area contributed by atoms with Gasteiger partial charge in [-0.2, -0.15) is 5.10 Å². The summed E-state index contributed by atoms with van der Waals surface area (Å²) >= 11 is 0. The number of aromatic nitrogens is 2. The normalized spacial score (nSPS) is 27.2. The maximum absolute atomic E-state index is 12.7. The molecule has 4 rings (SSSR count). The summed E-state index contributed by atoms with van der Waals surface area (Å²) in [5.41, 5.74) is 1.20. The average Bonchev–Trinajstić information content (AvgIpc) is 3.38. The van der Waals surface area contributed by atoms with Gasteiger partial charge in [0, 0.05) is 36.9 Å². The van der Waals surface area contributed by atoms with Crippen molar-refractivity contribution >= 4 is 5.91 Å². The van der Waals surface area contributed by atoms with Crippen LogP contribution in [0.4, 0.5) is 0 Å². The lowest BCUT2D eigenvalue weighted by atomic mass is 9.86. The van der Waals surface area contributed by atoms with Crippen LogP contribution in [-0.4, -0.2) is 51.6 Å². The minimum atomic E-state index is 0.367. The first-order valence-corrected chi connectivity index (χ1v) is 9.82. The first-order chi connectivity index (χ1) is 11.8. The predicted molar refractivity (Wildman–Crippen MR) is 93.3 cm³/mol.